The molecule has 3 nitrogen and oxygen atoms in total. The number of hydrogen-bond donors (Lipinski definition) is 2. The van der Waals surface area contributed by atoms with E-state index in [1.54, 1.807) is 0 Å². The van der Waals surface area contributed by atoms with Gasteiger partial charge in [0.1, 0.15) is 6.29 Å². The fourth-order valence-corrected chi connectivity index (χ4v) is 4.11. The minimum absolute atomic E-state index is 0.0270. The Morgan fingerprint density at radius 3 is 2.61 bits per heavy atom. The van der Waals surface area contributed by atoms with Crippen molar-refractivity contribution in [3.05, 3.63) is 12.2 Å². The monoisotopic (exact) mass is 252 g/mol. The Morgan fingerprint density at radius 2 is 2.11 bits per heavy atom. The summed E-state index contributed by atoms with van der Waals surface area (Å²) in [5.41, 5.74) is 1.04. The molecule has 0 heterocycles. The Balaban J connectivity index is 2.28. The lowest BCUT2D eigenvalue weighted by Crippen LogP contribution is -2.52. The first kappa shape index (κ1) is 13.8. The Morgan fingerprint density at radius 1 is 1.44 bits per heavy atom. The zero-order valence-electron chi connectivity index (χ0n) is 11.3. The summed E-state index contributed by atoms with van der Waals surface area (Å²) in [6.45, 7) is 8.04. The maximum absolute atomic E-state index is 11.4. The van der Waals surface area contributed by atoms with Gasteiger partial charge in [0, 0.05) is 5.92 Å². The molecule has 0 radical (unpaired) electrons. The third-order valence-corrected chi connectivity index (χ3v) is 5.49. The van der Waals surface area contributed by atoms with Gasteiger partial charge in [-0.3, -0.25) is 0 Å². The highest BCUT2D eigenvalue weighted by molar-refractivity contribution is 5.56. The minimum Gasteiger partial charge on any atom is -0.390 e. The summed E-state index contributed by atoms with van der Waals surface area (Å²) in [5, 5.41) is 20.0. The summed E-state index contributed by atoms with van der Waals surface area (Å²) in [6.07, 6.45) is 2.86. The molecule has 2 saturated carbocycles. The van der Waals surface area contributed by atoms with Crippen LogP contribution in [0.25, 0.3) is 0 Å². The zero-order valence-corrected chi connectivity index (χ0v) is 11.3. The van der Waals surface area contributed by atoms with E-state index in [1.165, 1.54) is 5.57 Å². The highest BCUT2D eigenvalue weighted by Crippen LogP contribution is 2.57. The van der Waals surface area contributed by atoms with Crippen molar-refractivity contribution in [2.45, 2.75) is 51.7 Å². The Labute approximate surface area is 109 Å². The number of carbonyl (C=O) groups is 1. The molecular weight excluding hydrogens is 228 g/mol. The van der Waals surface area contributed by atoms with Crippen LogP contribution in [0.15, 0.2) is 12.2 Å². The van der Waals surface area contributed by atoms with Crippen molar-refractivity contribution in [1.82, 2.24) is 0 Å². The van der Waals surface area contributed by atoms with Crippen LogP contribution >= 0.6 is 0 Å². The third-order valence-electron chi connectivity index (χ3n) is 5.49. The molecule has 18 heavy (non-hydrogen) atoms. The number of carbonyl (C=O) groups excluding carboxylic acids is 1. The van der Waals surface area contributed by atoms with Crippen LogP contribution in [-0.2, 0) is 4.79 Å². The van der Waals surface area contributed by atoms with Crippen molar-refractivity contribution < 1.29 is 15.0 Å². The molecule has 0 amide bonds. The van der Waals surface area contributed by atoms with Crippen molar-refractivity contribution in [2.24, 2.45) is 23.2 Å². The van der Waals surface area contributed by atoms with E-state index in [0.717, 1.165) is 25.5 Å². The Kier molecular flexibility index (Phi) is 3.65. The molecule has 2 aliphatic rings. The molecule has 1 spiro atoms. The molecule has 2 rings (SSSR count). The molecule has 0 aromatic carbocycles. The lowest BCUT2D eigenvalue weighted by Gasteiger charge is -2.48. The van der Waals surface area contributed by atoms with Gasteiger partial charge in [0.2, 0.25) is 0 Å². The van der Waals surface area contributed by atoms with Gasteiger partial charge in [-0.05, 0) is 49.9 Å². The largest absolute Gasteiger partial charge is 0.390 e. The fraction of sp³-hybridized carbons (Fsp3) is 0.800. The summed E-state index contributed by atoms with van der Waals surface area (Å²) in [5.74, 6) is 0.299. The first-order chi connectivity index (χ1) is 8.42. The van der Waals surface area contributed by atoms with E-state index in [1.807, 2.05) is 13.8 Å². The van der Waals surface area contributed by atoms with Crippen LogP contribution < -0.4 is 0 Å². The highest BCUT2D eigenvalue weighted by Gasteiger charge is 2.55. The normalized spacial score (nSPS) is 48.3. The van der Waals surface area contributed by atoms with E-state index in [9.17, 15) is 15.0 Å². The van der Waals surface area contributed by atoms with Gasteiger partial charge >= 0.3 is 0 Å². The fourth-order valence-electron chi connectivity index (χ4n) is 4.11. The van der Waals surface area contributed by atoms with E-state index in [4.69, 9.17) is 0 Å². The first-order valence-corrected chi connectivity index (χ1v) is 6.89. The van der Waals surface area contributed by atoms with Crippen LogP contribution in [0.4, 0.5) is 0 Å². The van der Waals surface area contributed by atoms with Crippen molar-refractivity contribution in [3.8, 4) is 0 Å². The van der Waals surface area contributed by atoms with Gasteiger partial charge in [-0.1, -0.05) is 19.1 Å². The molecule has 6 atom stereocenters. The molecule has 0 bridgehead atoms. The lowest BCUT2D eigenvalue weighted by atomic mass is 9.58. The molecule has 0 aromatic rings. The number of aldehydes is 1. The van der Waals surface area contributed by atoms with Crippen molar-refractivity contribution >= 4 is 6.29 Å². The average molecular weight is 252 g/mol. The molecule has 3 heteroatoms. The van der Waals surface area contributed by atoms with Crippen LogP contribution in [0.2, 0.25) is 0 Å². The van der Waals surface area contributed by atoms with Gasteiger partial charge in [-0.25, -0.2) is 0 Å². The van der Waals surface area contributed by atoms with E-state index < -0.39 is 12.2 Å². The molecule has 0 aliphatic heterocycles. The van der Waals surface area contributed by atoms with E-state index in [0.29, 0.717) is 12.3 Å². The smallest absolute Gasteiger partial charge is 0.123 e. The molecule has 2 N–H and O–H groups in total. The predicted molar refractivity (Wildman–Crippen MR) is 69.9 cm³/mol. The molecule has 0 aromatic heterocycles. The van der Waals surface area contributed by atoms with Gasteiger partial charge < -0.3 is 15.0 Å². The Bertz CT molecular complexity index is 352. The second kappa shape index (κ2) is 4.78. The van der Waals surface area contributed by atoms with Crippen molar-refractivity contribution in [1.29, 1.82) is 0 Å². The SMILES string of the molecule is C=C(C)[C@@H]1CC[C@]2(C1)[C@H](C=O)C[C@@H](O)[C@H](O)[C@H]2C. The minimum atomic E-state index is -0.760. The third kappa shape index (κ3) is 1.94. The summed E-state index contributed by atoms with van der Waals surface area (Å²) < 4.78 is 0. The second-order valence-electron chi connectivity index (χ2n) is 6.34. The van der Waals surface area contributed by atoms with Gasteiger partial charge in [0.15, 0.2) is 0 Å². The lowest BCUT2D eigenvalue weighted by molar-refractivity contribution is -0.142. The molecule has 0 unspecified atom stereocenters. The molecular formula is C15H24O3. The van der Waals surface area contributed by atoms with Crippen LogP contribution in [0, 0.1) is 23.2 Å². The first-order valence-electron chi connectivity index (χ1n) is 6.89. The predicted octanol–water partition coefficient (Wildman–Crippen LogP) is 1.93. The van der Waals surface area contributed by atoms with E-state index in [-0.39, 0.29) is 17.3 Å². The molecule has 0 saturated heterocycles. The number of allylic oxidation sites excluding steroid dienone is 1. The molecule has 2 aliphatic carbocycles. The Hall–Kier alpha value is -0.670. The average Bonchev–Trinajstić information content (AvgIpc) is 2.78. The summed E-state index contributed by atoms with van der Waals surface area (Å²) in [7, 11) is 0. The van der Waals surface area contributed by atoms with E-state index >= 15 is 0 Å². The summed E-state index contributed by atoms with van der Waals surface area (Å²) in [6, 6.07) is 0. The van der Waals surface area contributed by atoms with Crippen LogP contribution in [0.1, 0.15) is 39.5 Å². The van der Waals surface area contributed by atoms with Gasteiger partial charge in [-0.2, -0.15) is 0 Å². The van der Waals surface area contributed by atoms with Gasteiger partial charge in [0.05, 0.1) is 12.2 Å². The number of hydrogen-bond acceptors (Lipinski definition) is 3. The van der Waals surface area contributed by atoms with Crippen molar-refractivity contribution in [2.75, 3.05) is 0 Å². The maximum Gasteiger partial charge on any atom is 0.123 e. The standard InChI is InChI=1S/C15H24O3/c1-9(2)11-4-5-15(7-11)10(3)14(18)13(17)6-12(15)8-16/h8,10-14,17-18H,1,4-7H2,2-3H3/t10-,11-,12+,13-,14-,15-/m1/s1. The van der Waals surface area contributed by atoms with Gasteiger partial charge in [-0.15, -0.1) is 0 Å². The molecule has 102 valence electrons. The second-order valence-corrected chi connectivity index (χ2v) is 6.34. The topological polar surface area (TPSA) is 57.5 Å². The van der Waals surface area contributed by atoms with Crippen LogP contribution in [-0.4, -0.2) is 28.7 Å². The quantitative estimate of drug-likeness (QED) is 0.583. The summed E-state index contributed by atoms with van der Waals surface area (Å²) >= 11 is 0. The molecule has 2 fully saturated rings. The van der Waals surface area contributed by atoms with Crippen LogP contribution in [0.3, 0.4) is 0 Å². The maximum atomic E-state index is 11.4. The van der Waals surface area contributed by atoms with Crippen molar-refractivity contribution in [3.63, 3.8) is 0 Å². The van der Waals surface area contributed by atoms with Gasteiger partial charge in [0.25, 0.3) is 0 Å². The number of aliphatic hydroxyl groups is 2. The van der Waals surface area contributed by atoms with E-state index in [2.05, 4.69) is 6.58 Å². The zero-order chi connectivity index (χ0) is 13.5. The highest BCUT2D eigenvalue weighted by atomic mass is 16.3. The number of rotatable bonds is 2. The van der Waals surface area contributed by atoms with Crippen LogP contribution in [0.5, 0.6) is 0 Å². The number of aliphatic hydroxyl groups excluding tert-OH is 2. The summed E-state index contributed by atoms with van der Waals surface area (Å²) in [4.78, 5) is 11.4.